The minimum atomic E-state index is -3.58. The molecule has 8 heteroatoms. The van der Waals surface area contributed by atoms with Gasteiger partial charge in [-0.2, -0.15) is 5.10 Å². The molecule has 0 saturated carbocycles. The zero-order valence-corrected chi connectivity index (χ0v) is 16.4. The number of benzene rings is 2. The molecule has 0 radical (unpaired) electrons. The molecule has 148 valence electrons. The van der Waals surface area contributed by atoms with Gasteiger partial charge < -0.3 is 5.11 Å². The second-order valence-corrected chi connectivity index (χ2v) is 8.35. The van der Waals surface area contributed by atoms with E-state index in [-0.39, 0.29) is 10.6 Å². The van der Waals surface area contributed by atoms with Crippen LogP contribution in [-0.4, -0.2) is 31.7 Å². The predicted molar refractivity (Wildman–Crippen MR) is 107 cm³/mol. The number of carbonyl (C=O) groups is 1. The number of hydrazone groups is 1. The van der Waals surface area contributed by atoms with Crippen LogP contribution in [0, 0.1) is 0 Å². The lowest BCUT2D eigenvalue weighted by atomic mass is 10.1. The zero-order chi connectivity index (χ0) is 20.1. The van der Waals surface area contributed by atoms with Crippen molar-refractivity contribution < 1.29 is 18.3 Å². The average Bonchev–Trinajstić information content (AvgIpc) is 3.11. The van der Waals surface area contributed by atoms with E-state index in [0.29, 0.717) is 29.8 Å². The maximum atomic E-state index is 12.3. The first-order chi connectivity index (χ1) is 13.4. The zero-order valence-electron chi connectivity index (χ0n) is 15.6. The number of phenols is 1. The fraction of sp³-hybridized carbons (Fsp3) is 0.300. The minimum absolute atomic E-state index is 0.112. The number of fused-ring (bicyclic) bond motifs is 1. The standard InChI is InChI=1S/C20H23N3O4S/c1-2-3-13-21-28(26,27)16-10-7-15(8-11-16)20(25)23-22-17-12-9-14-5-4-6-18(24)19(14)17/h4-8,10-11,21,24H,2-3,9,12-13H2,1H3,(H,23,25)/b22-17+. The third-order valence-corrected chi connectivity index (χ3v) is 6.07. The largest absolute Gasteiger partial charge is 0.507 e. The molecule has 0 unspecified atom stereocenters. The lowest BCUT2D eigenvalue weighted by Crippen LogP contribution is -2.25. The number of nitrogens with zero attached hydrogens (tertiary/aromatic N) is 1. The molecular formula is C20H23N3O4S. The van der Waals surface area contributed by atoms with E-state index in [4.69, 9.17) is 0 Å². The van der Waals surface area contributed by atoms with Gasteiger partial charge in [-0.05, 0) is 55.2 Å². The van der Waals surface area contributed by atoms with E-state index in [0.717, 1.165) is 24.8 Å². The number of rotatable bonds is 7. The highest BCUT2D eigenvalue weighted by Gasteiger charge is 2.21. The van der Waals surface area contributed by atoms with Crippen molar-refractivity contribution in [2.75, 3.05) is 6.54 Å². The summed E-state index contributed by atoms with van der Waals surface area (Å²) in [7, 11) is -3.58. The van der Waals surface area contributed by atoms with E-state index in [9.17, 15) is 18.3 Å². The predicted octanol–water partition coefficient (Wildman–Crippen LogP) is 2.55. The molecule has 0 atom stereocenters. The number of nitrogens with one attached hydrogen (secondary N) is 2. The molecule has 0 spiro atoms. The summed E-state index contributed by atoms with van der Waals surface area (Å²) in [6.45, 7) is 2.36. The van der Waals surface area contributed by atoms with Crippen LogP contribution in [0.1, 0.15) is 47.7 Å². The minimum Gasteiger partial charge on any atom is -0.507 e. The van der Waals surface area contributed by atoms with E-state index >= 15 is 0 Å². The van der Waals surface area contributed by atoms with Gasteiger partial charge in [-0.3, -0.25) is 4.79 Å². The van der Waals surface area contributed by atoms with E-state index in [2.05, 4.69) is 15.2 Å². The fourth-order valence-corrected chi connectivity index (χ4v) is 4.13. The summed E-state index contributed by atoms with van der Waals surface area (Å²) in [5.74, 6) is -0.299. The topological polar surface area (TPSA) is 108 Å². The number of carbonyl (C=O) groups excluding carboxylic acids is 1. The second kappa shape index (κ2) is 8.53. The Kier molecular flexibility index (Phi) is 6.11. The third kappa shape index (κ3) is 4.40. The van der Waals surface area contributed by atoms with Crippen LogP contribution in [0.5, 0.6) is 5.75 Å². The first-order valence-corrected chi connectivity index (χ1v) is 10.7. The van der Waals surface area contributed by atoms with E-state index in [1.54, 1.807) is 12.1 Å². The quantitative estimate of drug-likeness (QED) is 0.489. The molecule has 3 N–H and O–H groups in total. The number of aromatic hydroxyl groups is 1. The highest BCUT2D eigenvalue weighted by molar-refractivity contribution is 7.89. The van der Waals surface area contributed by atoms with Crippen molar-refractivity contribution in [3.8, 4) is 5.75 Å². The van der Waals surface area contributed by atoms with Crippen molar-refractivity contribution in [2.45, 2.75) is 37.5 Å². The summed E-state index contributed by atoms with van der Waals surface area (Å²) in [6, 6.07) is 11.0. The Morgan fingerprint density at radius 2 is 1.89 bits per heavy atom. The summed E-state index contributed by atoms with van der Waals surface area (Å²) in [6.07, 6.45) is 3.05. The molecule has 1 aliphatic carbocycles. The molecule has 28 heavy (non-hydrogen) atoms. The Morgan fingerprint density at radius 1 is 1.14 bits per heavy atom. The molecule has 0 fully saturated rings. The van der Waals surface area contributed by atoms with Gasteiger partial charge in [0.1, 0.15) is 5.75 Å². The highest BCUT2D eigenvalue weighted by Crippen LogP contribution is 2.29. The Labute approximate surface area is 164 Å². The van der Waals surface area contributed by atoms with Gasteiger partial charge in [-0.15, -0.1) is 0 Å². The van der Waals surface area contributed by atoms with Crippen molar-refractivity contribution >= 4 is 21.6 Å². The van der Waals surface area contributed by atoms with Gasteiger partial charge in [0.05, 0.1) is 10.6 Å². The van der Waals surface area contributed by atoms with Crippen molar-refractivity contribution in [3.05, 3.63) is 59.2 Å². The van der Waals surface area contributed by atoms with Gasteiger partial charge >= 0.3 is 0 Å². The Morgan fingerprint density at radius 3 is 2.61 bits per heavy atom. The van der Waals surface area contributed by atoms with Gasteiger partial charge in [0.25, 0.3) is 5.91 Å². The maximum Gasteiger partial charge on any atom is 0.271 e. The van der Waals surface area contributed by atoms with Gasteiger partial charge in [0.2, 0.25) is 10.0 Å². The molecular weight excluding hydrogens is 378 g/mol. The van der Waals surface area contributed by atoms with Gasteiger partial charge in [0.15, 0.2) is 0 Å². The first kappa shape index (κ1) is 20.0. The van der Waals surface area contributed by atoms with Gasteiger partial charge in [-0.1, -0.05) is 25.5 Å². The van der Waals surface area contributed by atoms with Crippen LogP contribution in [-0.2, 0) is 16.4 Å². The number of sulfonamides is 1. The van der Waals surface area contributed by atoms with E-state index < -0.39 is 15.9 Å². The normalized spacial score (nSPS) is 14.8. The molecule has 0 aliphatic heterocycles. The molecule has 1 amide bonds. The van der Waals surface area contributed by atoms with Crippen LogP contribution in [0.3, 0.4) is 0 Å². The van der Waals surface area contributed by atoms with Crippen molar-refractivity contribution in [1.82, 2.24) is 10.1 Å². The SMILES string of the molecule is CCCCNS(=O)(=O)c1ccc(C(=O)N/N=C2\CCc3cccc(O)c32)cc1. The van der Waals surface area contributed by atoms with Gasteiger partial charge in [-0.25, -0.2) is 18.6 Å². The van der Waals surface area contributed by atoms with Crippen molar-refractivity contribution in [3.63, 3.8) is 0 Å². The van der Waals surface area contributed by atoms with Crippen molar-refractivity contribution in [2.24, 2.45) is 5.10 Å². The molecule has 0 saturated heterocycles. The molecule has 7 nitrogen and oxygen atoms in total. The first-order valence-electron chi connectivity index (χ1n) is 9.20. The Bertz CT molecular complexity index is 999. The summed E-state index contributed by atoms with van der Waals surface area (Å²) in [5, 5.41) is 14.2. The van der Waals surface area contributed by atoms with Crippen LogP contribution in [0.2, 0.25) is 0 Å². The third-order valence-electron chi connectivity index (χ3n) is 4.59. The number of aryl methyl sites for hydroxylation is 1. The molecule has 1 aliphatic rings. The average molecular weight is 401 g/mol. The van der Waals surface area contributed by atoms with Crippen LogP contribution >= 0.6 is 0 Å². The monoisotopic (exact) mass is 401 g/mol. The van der Waals surface area contributed by atoms with Crippen molar-refractivity contribution in [1.29, 1.82) is 0 Å². The molecule has 0 aromatic heterocycles. The summed E-state index contributed by atoms with van der Waals surface area (Å²) >= 11 is 0. The van der Waals surface area contributed by atoms with Gasteiger partial charge in [0, 0.05) is 17.7 Å². The Balaban J connectivity index is 1.68. The van der Waals surface area contributed by atoms with Crippen LogP contribution in [0.15, 0.2) is 52.5 Å². The number of unbranched alkanes of at least 4 members (excludes halogenated alkanes) is 1. The molecule has 2 aromatic carbocycles. The molecule has 0 heterocycles. The molecule has 3 rings (SSSR count). The van der Waals surface area contributed by atoms with E-state index in [1.165, 1.54) is 24.3 Å². The maximum absolute atomic E-state index is 12.3. The number of hydrogen-bond acceptors (Lipinski definition) is 5. The van der Waals surface area contributed by atoms with Crippen LogP contribution in [0.4, 0.5) is 0 Å². The number of amides is 1. The lowest BCUT2D eigenvalue weighted by molar-refractivity contribution is 0.0954. The van der Waals surface area contributed by atoms with Crippen LogP contribution < -0.4 is 10.1 Å². The Hall–Kier alpha value is -2.71. The second-order valence-electron chi connectivity index (χ2n) is 6.59. The smallest absolute Gasteiger partial charge is 0.271 e. The molecule has 0 bridgehead atoms. The number of phenolic OH excluding ortho intramolecular Hbond substituents is 1. The molecule has 2 aromatic rings. The lowest BCUT2D eigenvalue weighted by Gasteiger charge is -2.07. The summed E-state index contributed by atoms with van der Waals surface area (Å²) < 4.78 is 26.9. The number of hydrogen-bond donors (Lipinski definition) is 3. The highest BCUT2D eigenvalue weighted by atomic mass is 32.2. The van der Waals surface area contributed by atoms with E-state index in [1.807, 2.05) is 13.0 Å². The summed E-state index contributed by atoms with van der Waals surface area (Å²) in [5.41, 5.74) is 5.07. The fourth-order valence-electron chi connectivity index (χ4n) is 3.05. The summed E-state index contributed by atoms with van der Waals surface area (Å²) in [4.78, 5) is 12.4. The van der Waals surface area contributed by atoms with Crippen LogP contribution in [0.25, 0.3) is 0 Å².